The maximum Gasteiger partial charge on any atom is 0.243 e. The summed E-state index contributed by atoms with van der Waals surface area (Å²) in [5, 5.41) is 34.3. The van der Waals surface area contributed by atoms with E-state index >= 15 is 0 Å². The third kappa shape index (κ3) is 27.6. The fourth-order valence-corrected chi connectivity index (χ4v) is 9.37. The largest absolute Gasteiger partial charge is 0.508 e. The van der Waals surface area contributed by atoms with Crippen molar-refractivity contribution in [1.29, 1.82) is 0 Å². The zero-order chi connectivity index (χ0) is 63.8. The third-order valence-electron chi connectivity index (χ3n) is 14.5. The van der Waals surface area contributed by atoms with Crippen molar-refractivity contribution in [2.75, 3.05) is 19.6 Å². The number of hydrogen-bond donors (Lipinski definition) is 14. The highest BCUT2D eigenvalue weighted by atomic mass is 16.3. The molecular formula is C61H101N13O11. The van der Waals surface area contributed by atoms with Gasteiger partial charge < -0.3 is 75.9 Å². The second-order valence-electron chi connectivity index (χ2n) is 23.2. The Morgan fingerprint density at radius 3 is 1.31 bits per heavy atom. The van der Waals surface area contributed by atoms with Gasteiger partial charge in [-0.15, -0.1) is 0 Å². The van der Waals surface area contributed by atoms with E-state index in [1.807, 2.05) is 34.6 Å². The number of phenols is 1. The Hall–Kier alpha value is -7.18. The number of benzene rings is 2. The molecule has 0 aliphatic heterocycles. The summed E-state index contributed by atoms with van der Waals surface area (Å²) in [5.41, 5.74) is 24.7. The van der Waals surface area contributed by atoms with E-state index in [-0.39, 0.29) is 94.5 Å². The van der Waals surface area contributed by atoms with Gasteiger partial charge in [-0.25, -0.2) is 0 Å². The Kier molecular flexibility index (Phi) is 34.3. The highest BCUT2D eigenvalue weighted by Gasteiger charge is 2.37. The number of nitrogens with one attached hydrogen (secondary N) is 9. The molecule has 85 heavy (non-hydrogen) atoms. The summed E-state index contributed by atoms with van der Waals surface area (Å²) in [5.74, 6) is -8.23. The van der Waals surface area contributed by atoms with E-state index in [1.54, 1.807) is 63.2 Å². The molecule has 2 aromatic carbocycles. The van der Waals surface area contributed by atoms with E-state index < -0.39 is 119 Å². The summed E-state index contributed by atoms with van der Waals surface area (Å²) < 4.78 is 0. The van der Waals surface area contributed by atoms with E-state index in [9.17, 15) is 53.1 Å². The first-order chi connectivity index (χ1) is 40.3. The molecule has 0 aromatic heterocycles. The van der Waals surface area contributed by atoms with Crippen molar-refractivity contribution in [3.8, 4) is 5.75 Å². The minimum atomic E-state index is -1.33. The lowest BCUT2D eigenvalue weighted by atomic mass is 9.97. The minimum absolute atomic E-state index is 0.0111. The molecule has 2 rings (SSSR count). The summed E-state index contributed by atoms with van der Waals surface area (Å²) >= 11 is 0. The van der Waals surface area contributed by atoms with Gasteiger partial charge in [-0.3, -0.25) is 47.9 Å². The van der Waals surface area contributed by atoms with E-state index in [4.69, 9.17) is 22.9 Å². The quantitative estimate of drug-likeness (QED) is 0.0417. The Balaban J connectivity index is 2.38. The molecule has 0 aliphatic rings. The van der Waals surface area contributed by atoms with Gasteiger partial charge in [0.25, 0.3) is 0 Å². The third-order valence-corrected chi connectivity index (χ3v) is 14.5. The molecule has 0 radical (unpaired) electrons. The number of amides is 10. The van der Waals surface area contributed by atoms with Crippen LogP contribution < -0.4 is 70.8 Å². The lowest BCUT2D eigenvalue weighted by molar-refractivity contribution is -0.136. The van der Waals surface area contributed by atoms with Crippen molar-refractivity contribution in [3.63, 3.8) is 0 Å². The molecule has 0 saturated carbocycles. The first-order valence-electron chi connectivity index (χ1n) is 30.2. The monoisotopic (exact) mass is 1190 g/mol. The fourth-order valence-electron chi connectivity index (χ4n) is 9.37. The van der Waals surface area contributed by atoms with E-state index in [2.05, 4.69) is 54.8 Å². The van der Waals surface area contributed by atoms with Gasteiger partial charge in [0.2, 0.25) is 59.1 Å². The number of phenolic OH excluding ortho intramolecular Hbond substituents is 1. The minimum Gasteiger partial charge on any atom is -0.508 e. The average molecular weight is 1190 g/mol. The number of nitrogens with two attached hydrogens (primary N) is 4. The van der Waals surface area contributed by atoms with Crippen LogP contribution in [0.5, 0.6) is 5.75 Å². The maximum absolute atomic E-state index is 14.6. The predicted molar refractivity (Wildman–Crippen MR) is 326 cm³/mol. The lowest BCUT2D eigenvalue weighted by Crippen LogP contribution is -2.62. The number of primary amides is 1. The smallest absolute Gasteiger partial charge is 0.243 e. The van der Waals surface area contributed by atoms with Crippen LogP contribution in [0.3, 0.4) is 0 Å². The Labute approximate surface area is 502 Å². The van der Waals surface area contributed by atoms with Crippen LogP contribution in [-0.4, -0.2) is 138 Å². The van der Waals surface area contributed by atoms with Crippen LogP contribution >= 0.6 is 0 Å². The Morgan fingerprint density at radius 2 is 0.824 bits per heavy atom. The van der Waals surface area contributed by atoms with E-state index in [0.717, 1.165) is 25.7 Å². The predicted octanol–water partition coefficient (Wildman–Crippen LogP) is 1.23. The van der Waals surface area contributed by atoms with Crippen LogP contribution in [-0.2, 0) is 60.8 Å². The fraction of sp³-hybridized carbons (Fsp3) is 0.639. The molecule has 0 spiro atoms. The second kappa shape index (κ2) is 39.4. The maximum atomic E-state index is 14.6. The summed E-state index contributed by atoms with van der Waals surface area (Å²) in [6, 6.07) is 3.86. The molecule has 476 valence electrons. The van der Waals surface area contributed by atoms with Gasteiger partial charge in [0.1, 0.15) is 60.1 Å². The molecule has 10 amide bonds. The zero-order valence-electron chi connectivity index (χ0n) is 51.6. The number of carbonyl (C=O) groups excluding carboxylic acids is 10. The van der Waals surface area contributed by atoms with Crippen molar-refractivity contribution in [1.82, 2.24) is 47.9 Å². The van der Waals surface area contributed by atoms with Crippen LogP contribution in [0.25, 0.3) is 0 Å². The van der Waals surface area contributed by atoms with Gasteiger partial charge in [-0.2, -0.15) is 0 Å². The molecule has 0 fully saturated rings. The van der Waals surface area contributed by atoms with Crippen molar-refractivity contribution >= 4 is 59.1 Å². The van der Waals surface area contributed by atoms with Crippen LogP contribution in [0, 0.1) is 23.7 Å². The number of carbonyl (C=O) groups is 10. The Morgan fingerprint density at radius 1 is 0.435 bits per heavy atom. The average Bonchev–Trinajstić information content (AvgIpc) is 3.58. The highest BCUT2D eigenvalue weighted by Crippen LogP contribution is 2.16. The summed E-state index contributed by atoms with van der Waals surface area (Å²) in [6.07, 6.45) is 5.47. The van der Waals surface area contributed by atoms with Crippen LogP contribution in [0.15, 0.2) is 54.6 Å². The van der Waals surface area contributed by atoms with Crippen molar-refractivity contribution in [2.24, 2.45) is 46.6 Å². The van der Waals surface area contributed by atoms with Crippen molar-refractivity contribution < 1.29 is 53.1 Å². The first-order valence-corrected chi connectivity index (χ1v) is 30.2. The van der Waals surface area contributed by atoms with Gasteiger partial charge in [0, 0.05) is 19.3 Å². The molecule has 0 saturated heterocycles. The number of unbranched alkanes of at least 4 members (excludes halogenated alkanes) is 4. The molecule has 2 aromatic rings. The number of hydrogen-bond acceptors (Lipinski definition) is 14. The summed E-state index contributed by atoms with van der Waals surface area (Å²) in [7, 11) is 0. The van der Waals surface area contributed by atoms with Gasteiger partial charge in [0.15, 0.2) is 0 Å². The van der Waals surface area contributed by atoms with E-state index in [0.29, 0.717) is 24.0 Å². The van der Waals surface area contributed by atoms with Crippen molar-refractivity contribution in [3.05, 3.63) is 65.7 Å². The summed E-state index contributed by atoms with van der Waals surface area (Å²) in [4.78, 5) is 139. The molecule has 0 unspecified atom stereocenters. The van der Waals surface area contributed by atoms with Gasteiger partial charge >= 0.3 is 0 Å². The van der Waals surface area contributed by atoms with Gasteiger partial charge in [-0.05, 0) is 105 Å². The molecule has 0 heterocycles. The molecular weight excluding hydrogens is 1090 g/mol. The topological polar surface area (TPSA) is 403 Å². The van der Waals surface area contributed by atoms with Crippen LogP contribution in [0.1, 0.15) is 150 Å². The van der Waals surface area contributed by atoms with Gasteiger partial charge in [0.05, 0.1) is 0 Å². The Bertz CT molecular complexity index is 2430. The molecule has 0 aliphatic carbocycles. The second-order valence-corrected chi connectivity index (χ2v) is 23.2. The molecule has 24 heteroatoms. The van der Waals surface area contributed by atoms with Crippen LogP contribution in [0.4, 0.5) is 0 Å². The zero-order valence-corrected chi connectivity index (χ0v) is 51.6. The standard InChI is InChI=1S/C61H101N13O11/c1-10-12-13-14-18-21-50(76)66-43(26-29-62)55(79)74-52(39(9)11-2)61(85)68-44(27-30-63)54(78)71-49(35-40-19-16-15-17-20-40)59(83)70-47(32-36(3)4)57(81)67-45(28-31-64)56(80)73-51(38(7)8)60(84)72-48(33-37(5)6)58(82)69-46(53(65)77)34-41-22-24-42(75)25-23-41/h15-17,19-20,22-25,36-39,43-49,51-52,75H,10-14,18,21,26-35,62-64H2,1-9H3,(H2,65,77)(H,66,76)(H,67,81)(H,68,85)(H,69,82)(H,70,83)(H,71,78)(H,72,84)(H,73,80)(H,74,79)/t39-,43-,44-,45-,46-,47-,48-,49+,51+,52-/m0/s1. The first kappa shape index (κ1) is 73.9. The molecule has 0 bridgehead atoms. The molecule has 18 N–H and O–H groups in total. The molecule has 10 atom stereocenters. The van der Waals surface area contributed by atoms with E-state index in [1.165, 1.54) is 12.1 Å². The summed E-state index contributed by atoms with van der Waals surface area (Å²) in [6.45, 7) is 16.3. The number of rotatable bonds is 41. The van der Waals surface area contributed by atoms with Gasteiger partial charge in [-0.1, -0.05) is 137 Å². The number of aromatic hydroxyl groups is 1. The normalized spacial score (nSPS) is 14.9. The lowest BCUT2D eigenvalue weighted by Gasteiger charge is -2.30. The molecule has 24 nitrogen and oxygen atoms in total. The SMILES string of the molecule is CCCCCCCC(=O)N[C@@H](CCN)C(=O)N[C@H](C(=O)N[C@@H](CCN)C(=O)N[C@H](Cc1ccccc1)C(=O)N[C@@H](CC(C)C)C(=O)N[C@@H](CCN)C(=O)N[C@@H](C(=O)N[C@@H](CC(C)C)C(=O)N[C@@H](Cc1ccc(O)cc1)C(N)=O)C(C)C)[C@@H](C)CC. The van der Waals surface area contributed by atoms with Crippen LogP contribution in [0.2, 0.25) is 0 Å². The highest BCUT2D eigenvalue weighted by molar-refractivity contribution is 5.98. The van der Waals surface area contributed by atoms with Crippen molar-refractivity contribution in [2.45, 2.75) is 207 Å².